The van der Waals surface area contributed by atoms with Crippen LogP contribution in [0.25, 0.3) is 22.2 Å². The molecule has 0 unspecified atom stereocenters. The van der Waals surface area contributed by atoms with Crippen LogP contribution in [0.3, 0.4) is 0 Å². The molecule has 0 bridgehead atoms. The molecular weight excluding hydrogens is 585 g/mol. The minimum absolute atomic E-state index is 0.274. The lowest BCUT2D eigenvalue weighted by Gasteiger charge is -2.36. The Morgan fingerprint density at radius 3 is 2.04 bits per heavy atom. The first kappa shape index (κ1) is 30.5. The fraction of sp³-hybridized carbons (Fsp3) is 0.225. The van der Waals surface area contributed by atoms with Crippen LogP contribution in [-0.4, -0.2) is 46.8 Å². The SMILES string of the molecule is N=c1n(CCCOc2ccc(F)cc2)c2ccccc2n1Cc1ccc(N2CCN(Cc3ccccc3-c3ccccc3)CC2)cc1. The first-order valence-corrected chi connectivity index (χ1v) is 16.4. The van der Waals surface area contributed by atoms with Crippen LogP contribution in [0.15, 0.2) is 127 Å². The molecule has 7 heteroatoms. The molecule has 0 atom stereocenters. The number of benzene rings is 5. The summed E-state index contributed by atoms with van der Waals surface area (Å²) in [6.45, 7) is 6.79. The molecule has 6 aromatic rings. The molecule has 1 aliphatic heterocycles. The molecule has 6 nitrogen and oxygen atoms in total. The maximum absolute atomic E-state index is 13.2. The Bertz CT molecular complexity index is 1970. The molecule has 1 saturated heterocycles. The summed E-state index contributed by atoms with van der Waals surface area (Å²) in [7, 11) is 0. The number of nitrogens with one attached hydrogen (secondary N) is 1. The van der Waals surface area contributed by atoms with E-state index in [0.717, 1.165) is 50.2 Å². The van der Waals surface area contributed by atoms with Crippen molar-refractivity contribution in [3.8, 4) is 16.9 Å². The van der Waals surface area contributed by atoms with Crippen LogP contribution in [0, 0.1) is 11.2 Å². The van der Waals surface area contributed by atoms with Crippen molar-refractivity contribution in [1.29, 1.82) is 5.41 Å². The summed E-state index contributed by atoms with van der Waals surface area (Å²) in [5, 5.41) is 9.04. The fourth-order valence-electron chi connectivity index (χ4n) is 6.58. The third-order valence-corrected chi connectivity index (χ3v) is 9.09. The van der Waals surface area contributed by atoms with Crippen molar-refractivity contribution in [1.82, 2.24) is 14.0 Å². The van der Waals surface area contributed by atoms with E-state index in [1.54, 1.807) is 12.1 Å². The average molecular weight is 626 g/mol. The van der Waals surface area contributed by atoms with Crippen molar-refractivity contribution >= 4 is 16.7 Å². The zero-order chi connectivity index (χ0) is 32.0. The highest BCUT2D eigenvalue weighted by atomic mass is 19.1. The Morgan fingerprint density at radius 2 is 1.30 bits per heavy atom. The number of imidazole rings is 1. The minimum atomic E-state index is -0.274. The number of aryl methyl sites for hydroxylation is 1. The van der Waals surface area contributed by atoms with Crippen molar-refractivity contribution in [2.75, 3.05) is 37.7 Å². The first-order chi connectivity index (χ1) is 23.1. The van der Waals surface area contributed by atoms with Crippen molar-refractivity contribution in [2.45, 2.75) is 26.1 Å². The van der Waals surface area contributed by atoms with Crippen LogP contribution < -0.4 is 15.3 Å². The quantitative estimate of drug-likeness (QED) is 0.151. The van der Waals surface area contributed by atoms with Crippen molar-refractivity contribution in [3.63, 3.8) is 0 Å². The fourth-order valence-corrected chi connectivity index (χ4v) is 6.58. The maximum atomic E-state index is 13.2. The van der Waals surface area contributed by atoms with Gasteiger partial charge in [-0.3, -0.25) is 10.3 Å². The van der Waals surface area contributed by atoms with Gasteiger partial charge in [0.2, 0.25) is 5.62 Å². The van der Waals surface area contributed by atoms with Crippen molar-refractivity contribution in [2.24, 2.45) is 0 Å². The summed E-state index contributed by atoms with van der Waals surface area (Å²) in [6, 6.07) is 42.6. The number of rotatable bonds is 11. The Morgan fingerprint density at radius 1 is 0.638 bits per heavy atom. The van der Waals surface area contributed by atoms with Gasteiger partial charge in [0.15, 0.2) is 0 Å². The Kier molecular flexibility index (Phi) is 9.15. The molecule has 238 valence electrons. The summed E-state index contributed by atoms with van der Waals surface area (Å²) in [5.41, 5.74) is 8.95. The third-order valence-electron chi connectivity index (χ3n) is 9.09. The number of hydrogen-bond acceptors (Lipinski definition) is 4. The second-order valence-electron chi connectivity index (χ2n) is 12.2. The number of piperazine rings is 1. The van der Waals surface area contributed by atoms with Crippen LogP contribution in [0.2, 0.25) is 0 Å². The van der Waals surface area contributed by atoms with Gasteiger partial charge in [0.05, 0.1) is 24.2 Å². The van der Waals surface area contributed by atoms with E-state index < -0.39 is 0 Å². The van der Waals surface area contributed by atoms with E-state index in [-0.39, 0.29) is 5.82 Å². The molecule has 5 aromatic carbocycles. The number of ether oxygens (including phenoxy) is 1. The molecule has 0 amide bonds. The molecule has 7 rings (SSSR count). The van der Waals surface area contributed by atoms with E-state index in [4.69, 9.17) is 10.1 Å². The second-order valence-corrected chi connectivity index (χ2v) is 12.2. The number of aromatic nitrogens is 2. The summed E-state index contributed by atoms with van der Waals surface area (Å²) >= 11 is 0. The standard InChI is InChI=1S/C40H40FN5O/c41-34-17-21-36(22-18-34)47-28-8-23-45-38-13-6-7-14-39(38)46(40(45)42)29-31-15-19-35(20-16-31)44-26-24-43(25-27-44)30-33-11-4-5-12-37(33)32-9-2-1-3-10-32/h1-7,9-22,42H,8,23-30H2. The molecule has 1 aliphatic rings. The average Bonchev–Trinajstić information content (AvgIpc) is 3.38. The van der Waals surface area contributed by atoms with Crippen LogP contribution in [0.5, 0.6) is 5.75 Å². The van der Waals surface area contributed by atoms with Crippen molar-refractivity contribution in [3.05, 3.63) is 150 Å². The molecule has 0 saturated carbocycles. The Balaban J connectivity index is 0.968. The first-order valence-electron chi connectivity index (χ1n) is 16.4. The largest absolute Gasteiger partial charge is 0.494 e. The highest BCUT2D eigenvalue weighted by Gasteiger charge is 2.19. The predicted octanol–water partition coefficient (Wildman–Crippen LogP) is 7.57. The molecule has 0 aliphatic carbocycles. The molecule has 1 aromatic heterocycles. The van der Waals surface area contributed by atoms with Gasteiger partial charge in [0.1, 0.15) is 11.6 Å². The Hall–Kier alpha value is -5.14. The summed E-state index contributed by atoms with van der Waals surface area (Å²) in [5.74, 6) is 0.379. The molecule has 2 heterocycles. The van der Waals surface area contributed by atoms with Gasteiger partial charge >= 0.3 is 0 Å². The number of para-hydroxylation sites is 2. The number of fused-ring (bicyclic) bond motifs is 1. The van der Waals surface area contributed by atoms with E-state index >= 15 is 0 Å². The minimum Gasteiger partial charge on any atom is -0.494 e. The van der Waals surface area contributed by atoms with Gasteiger partial charge in [-0.05, 0) is 77.2 Å². The number of halogens is 1. The molecule has 0 spiro atoms. The third kappa shape index (κ3) is 7.00. The topological polar surface area (TPSA) is 49.4 Å². The summed E-state index contributed by atoms with van der Waals surface area (Å²) < 4.78 is 23.1. The van der Waals surface area contributed by atoms with Gasteiger partial charge in [0, 0.05) is 45.0 Å². The number of nitrogens with zero attached hydrogens (tertiary/aromatic N) is 4. The van der Waals surface area contributed by atoms with Gasteiger partial charge in [-0.1, -0.05) is 78.9 Å². The number of anilines is 1. The van der Waals surface area contributed by atoms with Crippen LogP contribution in [-0.2, 0) is 19.6 Å². The lowest BCUT2D eigenvalue weighted by molar-refractivity contribution is 0.250. The zero-order valence-corrected chi connectivity index (χ0v) is 26.6. The lowest BCUT2D eigenvalue weighted by atomic mass is 9.99. The van der Waals surface area contributed by atoms with Crippen LogP contribution in [0.4, 0.5) is 10.1 Å². The molecule has 0 radical (unpaired) electrons. The van der Waals surface area contributed by atoms with Gasteiger partial charge in [0.25, 0.3) is 0 Å². The smallest absolute Gasteiger partial charge is 0.203 e. The van der Waals surface area contributed by atoms with Crippen molar-refractivity contribution < 1.29 is 9.13 Å². The molecule has 1 fully saturated rings. The van der Waals surface area contributed by atoms with E-state index in [1.165, 1.54) is 40.1 Å². The maximum Gasteiger partial charge on any atom is 0.203 e. The molecule has 47 heavy (non-hydrogen) atoms. The monoisotopic (exact) mass is 625 g/mol. The highest BCUT2D eigenvalue weighted by Crippen LogP contribution is 2.26. The van der Waals surface area contributed by atoms with E-state index in [9.17, 15) is 4.39 Å². The lowest BCUT2D eigenvalue weighted by Crippen LogP contribution is -2.46. The number of hydrogen-bond donors (Lipinski definition) is 1. The Labute approximate surface area is 275 Å². The summed E-state index contributed by atoms with van der Waals surface area (Å²) in [6.07, 6.45) is 0.740. The van der Waals surface area contributed by atoms with E-state index in [0.29, 0.717) is 31.1 Å². The van der Waals surface area contributed by atoms with Gasteiger partial charge < -0.3 is 18.8 Å². The highest BCUT2D eigenvalue weighted by molar-refractivity contribution is 5.76. The molecular formula is C40H40FN5O. The van der Waals surface area contributed by atoms with Gasteiger partial charge in [-0.2, -0.15) is 0 Å². The summed E-state index contributed by atoms with van der Waals surface area (Å²) in [4.78, 5) is 5.04. The normalized spacial score (nSPS) is 13.7. The van der Waals surface area contributed by atoms with E-state index in [1.807, 2.05) is 12.1 Å². The van der Waals surface area contributed by atoms with Gasteiger partial charge in [-0.25, -0.2) is 4.39 Å². The second kappa shape index (κ2) is 14.1. The van der Waals surface area contributed by atoms with Gasteiger partial charge in [-0.15, -0.1) is 0 Å². The van der Waals surface area contributed by atoms with Crippen LogP contribution >= 0.6 is 0 Å². The van der Waals surface area contributed by atoms with E-state index in [2.05, 4.69) is 110 Å². The zero-order valence-electron chi connectivity index (χ0n) is 26.6. The predicted molar refractivity (Wildman–Crippen MR) is 187 cm³/mol. The molecule has 1 N–H and O–H groups in total. The van der Waals surface area contributed by atoms with Crippen LogP contribution in [0.1, 0.15) is 17.5 Å².